The van der Waals surface area contributed by atoms with Crippen LogP contribution < -0.4 is 0 Å². The van der Waals surface area contributed by atoms with Crippen molar-refractivity contribution in [1.82, 2.24) is 9.78 Å². The first kappa shape index (κ1) is 10.7. The third-order valence-electron chi connectivity index (χ3n) is 1.29. The Labute approximate surface area is 82.1 Å². The third-order valence-corrected chi connectivity index (χ3v) is 2.54. The molecule has 0 spiro atoms. The first-order valence-corrected chi connectivity index (χ1v) is 4.86. The maximum atomic E-state index is 11.9. The molecule has 0 saturated heterocycles. The van der Waals surface area contributed by atoms with Gasteiger partial charge in [0.25, 0.3) is 0 Å². The maximum Gasteiger partial charge on any atom is 0.408 e. The molecule has 2 nitrogen and oxygen atoms in total. The summed E-state index contributed by atoms with van der Waals surface area (Å²) in [6.07, 6.45) is -1.25. The molecule has 1 rings (SSSR count). The van der Waals surface area contributed by atoms with Crippen LogP contribution in [0, 0.1) is 0 Å². The zero-order chi connectivity index (χ0) is 10.1. The topological polar surface area (TPSA) is 17.8 Å². The molecule has 0 fully saturated rings. The second-order valence-corrected chi connectivity index (χ2v) is 3.48. The van der Waals surface area contributed by atoms with E-state index in [9.17, 15) is 13.2 Å². The predicted octanol–water partition coefficient (Wildman–Crippen LogP) is 2.82. The summed E-state index contributed by atoms with van der Waals surface area (Å²) in [5, 5.41) is 3.55. The standard InChI is InChI=1S/C6H6ClF3N2S/c1-13-4-2-11-12(5(4)7)3-6(8,9)10/h2H,3H2,1H3. The van der Waals surface area contributed by atoms with Crippen LogP contribution in [-0.2, 0) is 6.54 Å². The molecule has 13 heavy (non-hydrogen) atoms. The molecule has 0 aliphatic heterocycles. The molecule has 0 aliphatic carbocycles. The van der Waals surface area contributed by atoms with Crippen molar-refractivity contribution in [2.24, 2.45) is 0 Å². The fourth-order valence-corrected chi connectivity index (χ4v) is 1.58. The molecule has 0 aliphatic rings. The highest BCUT2D eigenvalue weighted by Crippen LogP contribution is 2.27. The van der Waals surface area contributed by atoms with Gasteiger partial charge in [-0.3, -0.25) is 0 Å². The normalized spacial score (nSPS) is 12.1. The lowest BCUT2D eigenvalue weighted by atomic mass is 10.6. The minimum absolute atomic E-state index is 0.0322. The Bertz CT molecular complexity index is 297. The van der Waals surface area contributed by atoms with Crippen molar-refractivity contribution >= 4 is 23.4 Å². The monoisotopic (exact) mass is 230 g/mol. The number of hydrogen-bond acceptors (Lipinski definition) is 2. The van der Waals surface area contributed by atoms with Crippen LogP contribution >= 0.6 is 23.4 Å². The molecule has 0 amide bonds. The van der Waals surface area contributed by atoms with Gasteiger partial charge in [0.1, 0.15) is 11.7 Å². The number of rotatable bonds is 2. The molecule has 0 aromatic carbocycles. The summed E-state index contributed by atoms with van der Waals surface area (Å²) in [4.78, 5) is 0.547. The number of hydrogen-bond donors (Lipinski definition) is 0. The Morgan fingerprint density at radius 1 is 1.62 bits per heavy atom. The maximum absolute atomic E-state index is 11.9. The number of aromatic nitrogens is 2. The lowest BCUT2D eigenvalue weighted by Crippen LogP contribution is -2.18. The van der Waals surface area contributed by atoms with Crippen LogP contribution in [0.4, 0.5) is 13.2 Å². The van der Waals surface area contributed by atoms with Crippen molar-refractivity contribution in [2.75, 3.05) is 6.26 Å². The Balaban J connectivity index is 2.84. The molecule has 1 aromatic rings. The second-order valence-electron chi connectivity index (χ2n) is 2.28. The Morgan fingerprint density at radius 3 is 2.62 bits per heavy atom. The summed E-state index contributed by atoms with van der Waals surface area (Å²) < 4.78 is 36.5. The highest BCUT2D eigenvalue weighted by atomic mass is 35.5. The fraction of sp³-hybridized carbons (Fsp3) is 0.500. The largest absolute Gasteiger partial charge is 0.408 e. The van der Waals surface area contributed by atoms with Crippen molar-refractivity contribution in [2.45, 2.75) is 17.6 Å². The molecule has 0 N–H and O–H groups in total. The molecule has 74 valence electrons. The summed E-state index contributed by atoms with van der Waals surface area (Å²) in [5.74, 6) is 0. The molecular weight excluding hydrogens is 225 g/mol. The van der Waals surface area contributed by atoms with E-state index in [4.69, 9.17) is 11.6 Å². The van der Waals surface area contributed by atoms with Crippen LogP contribution in [-0.4, -0.2) is 22.2 Å². The van der Waals surface area contributed by atoms with Gasteiger partial charge in [-0.05, 0) is 6.26 Å². The average Bonchev–Trinajstić information content (AvgIpc) is 2.30. The van der Waals surface area contributed by atoms with Crippen LogP contribution in [0.5, 0.6) is 0 Å². The minimum atomic E-state index is -4.29. The number of thioether (sulfide) groups is 1. The Morgan fingerprint density at radius 2 is 2.23 bits per heavy atom. The Kier molecular flexibility index (Phi) is 3.13. The second kappa shape index (κ2) is 3.79. The van der Waals surface area contributed by atoms with Gasteiger partial charge >= 0.3 is 6.18 Å². The molecule has 0 bridgehead atoms. The van der Waals surface area contributed by atoms with Gasteiger partial charge in [-0.2, -0.15) is 18.3 Å². The number of halogens is 4. The van der Waals surface area contributed by atoms with Gasteiger partial charge in [-0.25, -0.2) is 4.68 Å². The van der Waals surface area contributed by atoms with Crippen molar-refractivity contribution in [3.05, 3.63) is 11.3 Å². The van der Waals surface area contributed by atoms with Crippen LogP contribution in [0.1, 0.15) is 0 Å². The van der Waals surface area contributed by atoms with Crippen LogP contribution in [0.25, 0.3) is 0 Å². The van der Waals surface area contributed by atoms with Gasteiger partial charge in [0.2, 0.25) is 0 Å². The summed E-state index contributed by atoms with van der Waals surface area (Å²) >= 11 is 6.87. The van der Waals surface area contributed by atoms with Crippen molar-refractivity contribution in [3.63, 3.8) is 0 Å². The van der Waals surface area contributed by atoms with Gasteiger partial charge in [0.05, 0.1) is 11.1 Å². The van der Waals surface area contributed by atoms with Crippen molar-refractivity contribution in [1.29, 1.82) is 0 Å². The lowest BCUT2D eigenvalue weighted by Gasteiger charge is -2.06. The molecule has 0 atom stereocenters. The van der Waals surface area contributed by atoms with E-state index in [0.717, 1.165) is 4.68 Å². The quantitative estimate of drug-likeness (QED) is 0.727. The number of nitrogens with zero attached hydrogens (tertiary/aromatic N) is 2. The van der Waals surface area contributed by atoms with Crippen LogP contribution in [0.15, 0.2) is 11.1 Å². The molecular formula is C6H6ClF3N2S. The van der Waals surface area contributed by atoms with Crippen LogP contribution in [0.3, 0.4) is 0 Å². The van der Waals surface area contributed by atoms with E-state index in [1.807, 2.05) is 0 Å². The molecule has 7 heteroatoms. The van der Waals surface area contributed by atoms with Gasteiger partial charge in [-0.15, -0.1) is 11.8 Å². The van der Waals surface area contributed by atoms with E-state index in [1.165, 1.54) is 18.0 Å². The summed E-state index contributed by atoms with van der Waals surface area (Å²) in [7, 11) is 0. The average molecular weight is 231 g/mol. The minimum Gasteiger partial charge on any atom is -0.244 e. The van der Waals surface area contributed by atoms with Gasteiger partial charge in [0, 0.05) is 0 Å². The predicted molar refractivity (Wildman–Crippen MR) is 45.1 cm³/mol. The lowest BCUT2D eigenvalue weighted by molar-refractivity contribution is -0.142. The highest BCUT2D eigenvalue weighted by Gasteiger charge is 2.29. The van der Waals surface area contributed by atoms with E-state index >= 15 is 0 Å². The Hall–Kier alpha value is -0.360. The van der Waals surface area contributed by atoms with E-state index in [0.29, 0.717) is 4.90 Å². The SMILES string of the molecule is CSc1cnn(CC(F)(F)F)c1Cl. The van der Waals surface area contributed by atoms with Gasteiger partial charge in [-0.1, -0.05) is 11.6 Å². The summed E-state index contributed by atoms with van der Waals surface area (Å²) in [5.41, 5.74) is 0. The highest BCUT2D eigenvalue weighted by molar-refractivity contribution is 7.98. The van der Waals surface area contributed by atoms with Gasteiger partial charge < -0.3 is 0 Å². The van der Waals surface area contributed by atoms with Gasteiger partial charge in [0.15, 0.2) is 0 Å². The number of alkyl halides is 3. The molecule has 1 aromatic heterocycles. The van der Waals surface area contributed by atoms with Crippen molar-refractivity contribution < 1.29 is 13.2 Å². The fourth-order valence-electron chi connectivity index (χ4n) is 0.770. The van der Waals surface area contributed by atoms with E-state index in [2.05, 4.69) is 5.10 Å². The zero-order valence-corrected chi connectivity index (χ0v) is 8.17. The molecule has 0 unspecified atom stereocenters. The molecule has 1 heterocycles. The first-order valence-electron chi connectivity index (χ1n) is 3.26. The zero-order valence-electron chi connectivity index (χ0n) is 6.60. The third kappa shape index (κ3) is 2.80. The molecule has 0 radical (unpaired) electrons. The van der Waals surface area contributed by atoms with E-state index < -0.39 is 12.7 Å². The van der Waals surface area contributed by atoms with E-state index in [1.54, 1.807) is 6.26 Å². The summed E-state index contributed by atoms with van der Waals surface area (Å²) in [6, 6.07) is 0. The smallest absolute Gasteiger partial charge is 0.244 e. The van der Waals surface area contributed by atoms with Crippen molar-refractivity contribution in [3.8, 4) is 0 Å². The first-order chi connectivity index (χ1) is 5.94. The van der Waals surface area contributed by atoms with Crippen LogP contribution in [0.2, 0.25) is 5.15 Å². The molecule has 0 saturated carbocycles. The van der Waals surface area contributed by atoms with E-state index in [-0.39, 0.29) is 5.15 Å². The summed E-state index contributed by atoms with van der Waals surface area (Å²) in [6.45, 7) is -1.15.